The molecule has 8 aromatic rings. The topological polar surface area (TPSA) is 70.0 Å². The highest BCUT2D eigenvalue weighted by atomic mass is 16.6. The van der Waals surface area contributed by atoms with Gasteiger partial charge in [0.2, 0.25) is 0 Å². The first-order chi connectivity index (χ1) is 25.3. The van der Waals surface area contributed by atoms with Gasteiger partial charge in [0, 0.05) is 17.3 Å². The zero-order valence-corrected chi connectivity index (χ0v) is 27.3. The second-order valence-electron chi connectivity index (χ2n) is 12.6. The van der Waals surface area contributed by atoms with Gasteiger partial charge in [-0.25, -0.2) is 15.0 Å². The van der Waals surface area contributed by atoms with Crippen molar-refractivity contribution < 1.29 is 9.47 Å². The number of hydrogen-bond donors (Lipinski definition) is 0. The number of hydrogen-bond acceptors (Lipinski definition) is 6. The standard InChI is InChI=1S/C45H28N4O2/c1-4-14-29(15-5-1)42-47-43(49-44(48-42)37-22-12-13-25-46-37)30-23-24-38-39(26-30)51-40-27-34-33-20-10-11-21-35(33)45(31-16-6-2-7-17-31,32-18-8-3-9-19-32)36(34)28-41(40)50-38/h1-28H. The van der Waals surface area contributed by atoms with Gasteiger partial charge in [-0.05, 0) is 75.8 Å². The molecule has 2 aliphatic rings. The summed E-state index contributed by atoms with van der Waals surface area (Å²) in [5, 5.41) is 0. The lowest BCUT2D eigenvalue weighted by atomic mass is 9.67. The SMILES string of the molecule is c1ccc(-c2nc(-c3ccc4c(c3)Oc3cc5c(cc3O4)C(c3ccccc3)(c3ccccc3)c3ccccc3-5)nc(-c3ccccn3)n2)cc1. The summed E-state index contributed by atoms with van der Waals surface area (Å²) in [6.07, 6.45) is 1.74. The molecule has 0 amide bonds. The molecule has 240 valence electrons. The highest BCUT2D eigenvalue weighted by Gasteiger charge is 2.47. The van der Waals surface area contributed by atoms with Crippen molar-refractivity contribution in [1.29, 1.82) is 0 Å². The third-order valence-corrected chi connectivity index (χ3v) is 9.73. The number of nitrogens with zero attached hydrogens (tertiary/aromatic N) is 4. The molecule has 0 radical (unpaired) electrons. The molecule has 6 aromatic carbocycles. The molecule has 6 heteroatoms. The van der Waals surface area contributed by atoms with Crippen molar-refractivity contribution in [2.45, 2.75) is 5.41 Å². The summed E-state index contributed by atoms with van der Waals surface area (Å²) >= 11 is 0. The quantitative estimate of drug-likeness (QED) is 0.184. The van der Waals surface area contributed by atoms with E-state index < -0.39 is 5.41 Å². The minimum Gasteiger partial charge on any atom is -0.450 e. The smallest absolute Gasteiger partial charge is 0.182 e. The van der Waals surface area contributed by atoms with E-state index in [0.29, 0.717) is 46.2 Å². The van der Waals surface area contributed by atoms with Crippen LogP contribution in [-0.4, -0.2) is 19.9 Å². The molecule has 10 rings (SSSR count). The number of fused-ring (bicyclic) bond motifs is 5. The predicted octanol–water partition coefficient (Wildman–Crippen LogP) is 10.5. The van der Waals surface area contributed by atoms with Gasteiger partial charge in [0.1, 0.15) is 5.69 Å². The Bertz CT molecular complexity index is 2480. The minimum atomic E-state index is -0.530. The van der Waals surface area contributed by atoms with E-state index in [1.165, 1.54) is 22.3 Å². The Morgan fingerprint density at radius 3 is 1.71 bits per heavy atom. The normalized spacial score (nSPS) is 13.2. The van der Waals surface area contributed by atoms with Gasteiger partial charge in [-0.2, -0.15) is 0 Å². The van der Waals surface area contributed by atoms with Crippen LogP contribution in [0.5, 0.6) is 23.0 Å². The molecule has 0 saturated carbocycles. The molecule has 0 saturated heterocycles. The number of benzene rings is 6. The summed E-state index contributed by atoms with van der Waals surface area (Å²) in [5.41, 5.74) is 8.87. The van der Waals surface area contributed by atoms with Crippen LogP contribution in [0.4, 0.5) is 0 Å². The highest BCUT2D eigenvalue weighted by Crippen LogP contribution is 2.59. The summed E-state index contributed by atoms with van der Waals surface area (Å²) in [6.45, 7) is 0. The van der Waals surface area contributed by atoms with Gasteiger partial charge in [0.15, 0.2) is 40.5 Å². The van der Waals surface area contributed by atoms with Crippen LogP contribution in [0.15, 0.2) is 170 Å². The maximum absolute atomic E-state index is 6.68. The zero-order valence-electron chi connectivity index (χ0n) is 27.3. The predicted molar refractivity (Wildman–Crippen MR) is 198 cm³/mol. The van der Waals surface area contributed by atoms with Crippen LogP contribution in [0.2, 0.25) is 0 Å². The van der Waals surface area contributed by atoms with Crippen LogP contribution in [0.3, 0.4) is 0 Å². The molecule has 1 aliphatic heterocycles. The van der Waals surface area contributed by atoms with Gasteiger partial charge in [0.25, 0.3) is 0 Å². The monoisotopic (exact) mass is 656 g/mol. The molecule has 0 N–H and O–H groups in total. The molecule has 2 aromatic heterocycles. The van der Waals surface area contributed by atoms with E-state index in [9.17, 15) is 0 Å². The molecular weight excluding hydrogens is 629 g/mol. The number of rotatable bonds is 5. The van der Waals surface area contributed by atoms with Crippen molar-refractivity contribution in [3.8, 4) is 68.4 Å². The largest absolute Gasteiger partial charge is 0.450 e. The first-order valence-corrected chi connectivity index (χ1v) is 16.9. The molecule has 3 heterocycles. The van der Waals surface area contributed by atoms with Crippen LogP contribution in [0.1, 0.15) is 22.3 Å². The van der Waals surface area contributed by atoms with Crippen molar-refractivity contribution in [3.63, 3.8) is 0 Å². The van der Waals surface area contributed by atoms with Gasteiger partial charge < -0.3 is 9.47 Å². The Kier molecular flexibility index (Phi) is 6.61. The molecule has 0 spiro atoms. The summed E-state index contributed by atoms with van der Waals surface area (Å²) in [4.78, 5) is 19.0. The Balaban J connectivity index is 1.10. The van der Waals surface area contributed by atoms with Crippen molar-refractivity contribution in [2.75, 3.05) is 0 Å². The van der Waals surface area contributed by atoms with E-state index in [4.69, 9.17) is 24.4 Å². The van der Waals surface area contributed by atoms with Gasteiger partial charge in [-0.15, -0.1) is 0 Å². The Morgan fingerprint density at radius 1 is 0.392 bits per heavy atom. The van der Waals surface area contributed by atoms with Crippen LogP contribution < -0.4 is 9.47 Å². The van der Waals surface area contributed by atoms with Crippen molar-refractivity contribution in [2.24, 2.45) is 0 Å². The second kappa shape index (κ2) is 11.6. The minimum absolute atomic E-state index is 0.495. The molecule has 1 aliphatic carbocycles. The average molecular weight is 657 g/mol. The first kappa shape index (κ1) is 29.0. The fourth-order valence-electron chi connectivity index (χ4n) is 7.49. The van der Waals surface area contributed by atoms with Crippen LogP contribution in [-0.2, 0) is 5.41 Å². The average Bonchev–Trinajstić information content (AvgIpc) is 3.50. The van der Waals surface area contributed by atoms with Crippen LogP contribution in [0.25, 0.3) is 45.4 Å². The molecule has 0 unspecified atom stereocenters. The zero-order chi connectivity index (χ0) is 33.8. The van der Waals surface area contributed by atoms with Gasteiger partial charge in [-0.1, -0.05) is 121 Å². The van der Waals surface area contributed by atoms with E-state index in [2.05, 4.69) is 102 Å². The van der Waals surface area contributed by atoms with Crippen LogP contribution in [0, 0.1) is 0 Å². The van der Waals surface area contributed by atoms with Crippen LogP contribution >= 0.6 is 0 Å². The molecular formula is C45H28N4O2. The van der Waals surface area contributed by atoms with E-state index >= 15 is 0 Å². The molecule has 0 bridgehead atoms. The van der Waals surface area contributed by atoms with Gasteiger partial charge in [-0.3, -0.25) is 4.98 Å². The summed E-state index contributed by atoms with van der Waals surface area (Å²) in [6, 6.07) is 55.8. The van der Waals surface area contributed by atoms with Gasteiger partial charge >= 0.3 is 0 Å². The highest BCUT2D eigenvalue weighted by molar-refractivity contribution is 5.88. The Morgan fingerprint density at radius 2 is 0.980 bits per heavy atom. The lowest BCUT2D eigenvalue weighted by Gasteiger charge is -2.34. The van der Waals surface area contributed by atoms with E-state index in [-0.39, 0.29) is 0 Å². The summed E-state index contributed by atoms with van der Waals surface area (Å²) in [7, 11) is 0. The Labute approximate surface area is 294 Å². The second-order valence-corrected chi connectivity index (χ2v) is 12.6. The fourth-order valence-corrected chi connectivity index (χ4v) is 7.49. The van der Waals surface area contributed by atoms with Crippen molar-refractivity contribution >= 4 is 0 Å². The summed E-state index contributed by atoms with van der Waals surface area (Å²) < 4.78 is 13.3. The van der Waals surface area contributed by atoms with Crippen molar-refractivity contribution in [3.05, 3.63) is 192 Å². The Hall–Kier alpha value is -6.92. The van der Waals surface area contributed by atoms with E-state index in [1.54, 1.807) is 6.20 Å². The van der Waals surface area contributed by atoms with Gasteiger partial charge in [0.05, 0.1) is 5.41 Å². The van der Waals surface area contributed by atoms with E-state index in [1.807, 2.05) is 66.7 Å². The number of pyridine rings is 1. The first-order valence-electron chi connectivity index (χ1n) is 16.9. The number of ether oxygens (including phenoxy) is 2. The van der Waals surface area contributed by atoms with E-state index in [0.717, 1.165) is 22.3 Å². The molecule has 6 nitrogen and oxygen atoms in total. The molecule has 0 fully saturated rings. The fraction of sp³-hybridized carbons (Fsp3) is 0.0222. The third kappa shape index (κ3) is 4.65. The molecule has 0 atom stereocenters. The maximum Gasteiger partial charge on any atom is 0.182 e. The number of aromatic nitrogens is 4. The molecule has 51 heavy (non-hydrogen) atoms. The van der Waals surface area contributed by atoms with Crippen molar-refractivity contribution in [1.82, 2.24) is 19.9 Å². The summed E-state index contributed by atoms with van der Waals surface area (Å²) in [5.74, 6) is 4.10. The third-order valence-electron chi connectivity index (χ3n) is 9.73. The lowest BCUT2D eigenvalue weighted by molar-refractivity contribution is 0.359. The lowest BCUT2D eigenvalue weighted by Crippen LogP contribution is -2.28. The maximum atomic E-state index is 6.68.